The third kappa shape index (κ3) is 2.56. The quantitative estimate of drug-likeness (QED) is 0.545. The van der Waals surface area contributed by atoms with Crippen molar-refractivity contribution in [1.29, 1.82) is 0 Å². The summed E-state index contributed by atoms with van der Waals surface area (Å²) < 4.78 is 0.604. The largest absolute Gasteiger partial charge is 0.618 e. The van der Waals surface area contributed by atoms with Gasteiger partial charge in [0.2, 0.25) is 11.6 Å². The molecule has 0 saturated carbocycles. The van der Waals surface area contributed by atoms with Crippen molar-refractivity contribution in [3.8, 4) is 11.3 Å². The Morgan fingerprint density at radius 3 is 2.82 bits per heavy atom. The molecule has 0 aromatic carbocycles. The van der Waals surface area contributed by atoms with Crippen LogP contribution in [0.2, 0.25) is 0 Å². The normalized spacial score (nSPS) is 14.0. The van der Waals surface area contributed by atoms with Crippen LogP contribution in [0.25, 0.3) is 11.3 Å². The molecule has 0 unspecified atom stereocenters. The molecule has 0 atom stereocenters. The van der Waals surface area contributed by atoms with E-state index in [9.17, 15) is 15.1 Å². The average Bonchev–Trinajstić information content (AvgIpc) is 2.45. The van der Waals surface area contributed by atoms with Crippen LogP contribution in [-0.2, 0) is 10.4 Å². The van der Waals surface area contributed by atoms with Gasteiger partial charge in [0.1, 0.15) is 5.60 Å². The summed E-state index contributed by atoms with van der Waals surface area (Å²) in [7, 11) is 0. The molecule has 3 heterocycles. The van der Waals surface area contributed by atoms with Crippen molar-refractivity contribution in [2.75, 3.05) is 17.2 Å². The fourth-order valence-corrected chi connectivity index (χ4v) is 2.19. The zero-order valence-corrected chi connectivity index (χ0v) is 12.1. The summed E-state index contributed by atoms with van der Waals surface area (Å²) in [6.07, 6.45) is 2.84. The number of carbonyl (C=O) groups is 1. The molecule has 22 heavy (non-hydrogen) atoms. The van der Waals surface area contributed by atoms with E-state index in [1.54, 1.807) is 12.1 Å². The zero-order chi connectivity index (χ0) is 15.9. The molecule has 8 heteroatoms. The summed E-state index contributed by atoms with van der Waals surface area (Å²) in [6.45, 7) is 3.23. The maximum atomic E-state index is 12.0. The molecule has 3 rings (SSSR count). The molecule has 1 amide bonds. The number of pyridine rings is 1. The summed E-state index contributed by atoms with van der Waals surface area (Å²) in [5.74, 6) is 0.624. The highest BCUT2D eigenvalue weighted by molar-refractivity contribution is 5.98. The number of fused-ring (bicyclic) bond motifs is 1. The number of carbonyl (C=O) groups excluding carboxylic acids is 1. The van der Waals surface area contributed by atoms with Crippen LogP contribution in [-0.4, -0.2) is 27.5 Å². The first-order valence-electron chi connectivity index (χ1n) is 6.72. The van der Waals surface area contributed by atoms with E-state index in [0.29, 0.717) is 27.6 Å². The summed E-state index contributed by atoms with van der Waals surface area (Å²) >= 11 is 0. The minimum atomic E-state index is -1.24. The van der Waals surface area contributed by atoms with Gasteiger partial charge in [0, 0.05) is 6.07 Å². The topological polar surface area (TPSA) is 114 Å². The smallest absolute Gasteiger partial charge is 0.244 e. The number of anilines is 2. The van der Waals surface area contributed by atoms with Gasteiger partial charge in [-0.3, -0.25) is 4.79 Å². The first-order chi connectivity index (χ1) is 10.3. The number of hydrogen-bond donors (Lipinski definition) is 3. The van der Waals surface area contributed by atoms with Gasteiger partial charge in [0.25, 0.3) is 0 Å². The molecule has 1 aliphatic heterocycles. The molecule has 1 aliphatic rings. The number of aromatic nitrogens is 3. The molecule has 0 fully saturated rings. The van der Waals surface area contributed by atoms with Crippen LogP contribution in [0, 0.1) is 5.21 Å². The Balaban J connectivity index is 2.00. The lowest BCUT2D eigenvalue weighted by Gasteiger charge is -2.18. The van der Waals surface area contributed by atoms with Crippen LogP contribution < -0.4 is 15.4 Å². The predicted octanol–water partition coefficient (Wildman–Crippen LogP) is 0.368. The lowest BCUT2D eigenvalue weighted by atomic mass is 10.0. The lowest BCUT2D eigenvalue weighted by Crippen LogP contribution is -2.39. The van der Waals surface area contributed by atoms with Crippen LogP contribution in [0.1, 0.15) is 19.5 Å². The SMILES string of the molecule is CC(C)(O)c1ccc(-c2cnc3c(n2)NC(=O)CN3)c[n+]1[O-]. The summed E-state index contributed by atoms with van der Waals surface area (Å²) in [6, 6.07) is 3.22. The number of hydrogen-bond acceptors (Lipinski definition) is 6. The highest BCUT2D eigenvalue weighted by Crippen LogP contribution is 2.25. The van der Waals surface area contributed by atoms with Gasteiger partial charge in [-0.2, -0.15) is 4.73 Å². The van der Waals surface area contributed by atoms with Crippen molar-refractivity contribution >= 4 is 17.5 Å². The maximum absolute atomic E-state index is 12.0. The highest BCUT2D eigenvalue weighted by atomic mass is 16.5. The predicted molar refractivity (Wildman–Crippen MR) is 78.8 cm³/mol. The molecule has 2 aromatic rings. The van der Waals surface area contributed by atoms with Crippen molar-refractivity contribution in [2.45, 2.75) is 19.4 Å². The van der Waals surface area contributed by atoms with Gasteiger partial charge < -0.3 is 20.9 Å². The third-order valence-electron chi connectivity index (χ3n) is 3.28. The fourth-order valence-electron chi connectivity index (χ4n) is 2.19. The van der Waals surface area contributed by atoms with E-state index in [-0.39, 0.29) is 18.1 Å². The van der Waals surface area contributed by atoms with E-state index in [1.807, 2.05) is 0 Å². The van der Waals surface area contributed by atoms with Gasteiger partial charge in [-0.1, -0.05) is 0 Å². The molecular weight excluding hydrogens is 286 g/mol. The van der Waals surface area contributed by atoms with E-state index in [4.69, 9.17) is 0 Å². The van der Waals surface area contributed by atoms with Crippen molar-refractivity contribution in [2.24, 2.45) is 0 Å². The first-order valence-corrected chi connectivity index (χ1v) is 6.72. The highest BCUT2D eigenvalue weighted by Gasteiger charge is 2.26. The molecule has 114 valence electrons. The molecule has 0 aliphatic carbocycles. The van der Waals surface area contributed by atoms with Crippen LogP contribution in [0.5, 0.6) is 0 Å². The molecule has 2 aromatic heterocycles. The fraction of sp³-hybridized carbons (Fsp3) is 0.286. The molecule has 0 bridgehead atoms. The summed E-state index contributed by atoms with van der Waals surface area (Å²) in [5.41, 5.74) is -0.00964. The van der Waals surface area contributed by atoms with Crippen LogP contribution in [0.3, 0.4) is 0 Å². The van der Waals surface area contributed by atoms with Gasteiger partial charge in [-0.15, -0.1) is 0 Å². The lowest BCUT2D eigenvalue weighted by molar-refractivity contribution is -0.621. The average molecular weight is 301 g/mol. The number of amides is 1. The molecule has 3 N–H and O–H groups in total. The minimum Gasteiger partial charge on any atom is -0.618 e. The summed E-state index contributed by atoms with van der Waals surface area (Å²) in [4.78, 5) is 19.8. The van der Waals surface area contributed by atoms with Gasteiger partial charge in [-0.25, -0.2) is 9.97 Å². The Kier molecular flexibility index (Phi) is 3.18. The number of rotatable bonds is 2. The van der Waals surface area contributed by atoms with Gasteiger partial charge in [0.15, 0.2) is 17.8 Å². The standard InChI is InChI=1S/C14H15N5O3/c1-14(2,21)10-4-3-8(7-19(10)22)9-5-15-12-13(17-9)18-11(20)6-16-12/h3-5,7,21H,6H2,1-2H3,(H,15,16)(H,17,18,20). The van der Waals surface area contributed by atoms with E-state index < -0.39 is 5.60 Å². The Morgan fingerprint density at radius 2 is 2.14 bits per heavy atom. The third-order valence-corrected chi connectivity index (χ3v) is 3.28. The summed E-state index contributed by atoms with van der Waals surface area (Å²) in [5, 5.41) is 27.4. The molecule has 8 nitrogen and oxygen atoms in total. The molecule has 0 radical (unpaired) electrons. The maximum Gasteiger partial charge on any atom is 0.244 e. The van der Waals surface area contributed by atoms with Gasteiger partial charge in [0.05, 0.1) is 24.0 Å². The van der Waals surface area contributed by atoms with Gasteiger partial charge >= 0.3 is 0 Å². The van der Waals surface area contributed by atoms with Crippen molar-refractivity contribution < 1.29 is 14.6 Å². The van der Waals surface area contributed by atoms with Crippen molar-refractivity contribution in [3.63, 3.8) is 0 Å². The monoisotopic (exact) mass is 301 g/mol. The van der Waals surface area contributed by atoms with E-state index in [2.05, 4.69) is 20.6 Å². The molecule has 0 spiro atoms. The number of nitrogens with one attached hydrogen (secondary N) is 2. The van der Waals surface area contributed by atoms with Crippen molar-refractivity contribution in [1.82, 2.24) is 9.97 Å². The van der Waals surface area contributed by atoms with Crippen LogP contribution >= 0.6 is 0 Å². The Bertz CT molecular complexity index is 755. The van der Waals surface area contributed by atoms with Crippen LogP contribution in [0.15, 0.2) is 24.5 Å². The second kappa shape index (κ2) is 4.92. The zero-order valence-electron chi connectivity index (χ0n) is 12.1. The van der Waals surface area contributed by atoms with E-state index in [0.717, 1.165) is 0 Å². The van der Waals surface area contributed by atoms with Crippen LogP contribution in [0.4, 0.5) is 11.6 Å². The Hall–Kier alpha value is -2.74. The molecule has 0 saturated heterocycles. The Morgan fingerprint density at radius 1 is 1.36 bits per heavy atom. The first kappa shape index (κ1) is 14.2. The number of aliphatic hydroxyl groups is 1. The number of nitrogens with zero attached hydrogens (tertiary/aromatic N) is 3. The van der Waals surface area contributed by atoms with E-state index in [1.165, 1.54) is 26.2 Å². The second-order valence-electron chi connectivity index (χ2n) is 5.54. The van der Waals surface area contributed by atoms with E-state index >= 15 is 0 Å². The van der Waals surface area contributed by atoms with Crippen molar-refractivity contribution in [3.05, 3.63) is 35.4 Å². The van der Waals surface area contributed by atoms with Gasteiger partial charge in [-0.05, 0) is 19.9 Å². The second-order valence-corrected chi connectivity index (χ2v) is 5.54. The molecular formula is C14H15N5O3. The Labute approximate surface area is 126 Å². The minimum absolute atomic E-state index is 0.155.